The summed E-state index contributed by atoms with van der Waals surface area (Å²) in [6.07, 6.45) is 1.42. The average Bonchev–Trinajstić information content (AvgIpc) is 3.10. The fourth-order valence-electron chi connectivity index (χ4n) is 3.18. The second kappa shape index (κ2) is 11.1. The topological polar surface area (TPSA) is 98.7 Å². The van der Waals surface area contributed by atoms with Gasteiger partial charge in [-0.15, -0.1) is 0 Å². The van der Waals surface area contributed by atoms with Crippen LogP contribution in [0.3, 0.4) is 0 Å². The lowest BCUT2D eigenvalue weighted by molar-refractivity contribution is -0.149. The van der Waals surface area contributed by atoms with E-state index in [0.29, 0.717) is 38.3 Å². The second-order valence-corrected chi connectivity index (χ2v) is 7.29. The van der Waals surface area contributed by atoms with E-state index in [9.17, 15) is 18.8 Å². The zero-order valence-corrected chi connectivity index (χ0v) is 16.0. The molecule has 0 bridgehead atoms. The van der Waals surface area contributed by atoms with E-state index >= 15 is 0 Å². The Bertz CT molecular complexity index is 487. The quantitative estimate of drug-likeness (QED) is 0.402. The Morgan fingerprint density at radius 2 is 1.96 bits per heavy atom. The van der Waals surface area contributed by atoms with Crippen LogP contribution < -0.4 is 10.8 Å². The molecule has 0 saturated carbocycles. The van der Waals surface area contributed by atoms with Crippen LogP contribution in [0.25, 0.3) is 0 Å². The highest BCUT2D eigenvalue weighted by Gasteiger charge is 2.41. The molecule has 3 amide bonds. The van der Waals surface area contributed by atoms with Crippen LogP contribution in [-0.2, 0) is 14.4 Å². The Kier molecular flexibility index (Phi) is 9.54. The van der Waals surface area contributed by atoms with Gasteiger partial charge in [-0.05, 0) is 31.6 Å². The van der Waals surface area contributed by atoms with Crippen molar-refractivity contribution in [2.75, 3.05) is 13.1 Å². The van der Waals surface area contributed by atoms with E-state index in [1.807, 2.05) is 6.92 Å². The summed E-state index contributed by atoms with van der Waals surface area (Å²) in [4.78, 5) is 38.1. The summed E-state index contributed by atoms with van der Waals surface area (Å²) >= 11 is 0. The van der Waals surface area contributed by atoms with Crippen molar-refractivity contribution in [2.45, 2.75) is 71.5 Å². The number of amides is 3. The van der Waals surface area contributed by atoms with E-state index in [2.05, 4.69) is 19.2 Å². The third-order valence-electron chi connectivity index (χ3n) is 4.76. The van der Waals surface area contributed by atoms with E-state index in [1.165, 1.54) is 10.4 Å². The fourth-order valence-corrected chi connectivity index (χ4v) is 3.18. The third-order valence-corrected chi connectivity index (χ3v) is 4.76. The van der Waals surface area contributed by atoms with Gasteiger partial charge < -0.3 is 10.2 Å². The predicted molar refractivity (Wildman–Crippen MR) is 95.0 cm³/mol. The number of halogens is 1. The van der Waals surface area contributed by atoms with E-state index in [-0.39, 0.29) is 12.3 Å². The lowest BCUT2D eigenvalue weighted by atomic mass is 9.94. The molecule has 0 radical (unpaired) electrons. The zero-order chi connectivity index (χ0) is 19.7. The van der Waals surface area contributed by atoms with Crippen molar-refractivity contribution < 1.29 is 24.0 Å². The molecule has 1 aliphatic rings. The molecule has 3 N–H and O–H groups in total. The Labute approximate surface area is 154 Å². The summed E-state index contributed by atoms with van der Waals surface area (Å²) < 4.78 is 14.4. The molecule has 0 aromatic rings. The van der Waals surface area contributed by atoms with Crippen molar-refractivity contribution in [3.63, 3.8) is 0 Å². The first kappa shape index (κ1) is 22.3. The normalized spacial score (nSPS) is 19.3. The monoisotopic (exact) mass is 373 g/mol. The standard InChI is InChI=1S/C18H32FN3O4/c1-4-5-7-13(15(19)17(24)21-26)18(25)22-11-6-8-14(22)16(23)20-10-9-12(2)3/h12-15,26H,4-11H2,1-3H3,(H,20,23)(H,21,24)/t13-,14?,15+/m1/s1. The number of carbonyl (C=O) groups is 3. The molecule has 8 heteroatoms. The van der Waals surface area contributed by atoms with Crippen molar-refractivity contribution in [1.29, 1.82) is 0 Å². The van der Waals surface area contributed by atoms with Crippen LogP contribution in [0.15, 0.2) is 0 Å². The molecular weight excluding hydrogens is 341 g/mol. The van der Waals surface area contributed by atoms with Crippen LogP contribution in [0, 0.1) is 11.8 Å². The minimum atomic E-state index is -2.13. The first-order valence-electron chi connectivity index (χ1n) is 9.49. The van der Waals surface area contributed by atoms with Crippen LogP contribution in [0.5, 0.6) is 0 Å². The van der Waals surface area contributed by atoms with Gasteiger partial charge in [-0.25, -0.2) is 9.87 Å². The molecule has 1 rings (SSSR count). The first-order chi connectivity index (χ1) is 12.3. The number of rotatable bonds is 10. The van der Waals surface area contributed by atoms with Gasteiger partial charge in [0.1, 0.15) is 6.04 Å². The number of hydrogen-bond acceptors (Lipinski definition) is 4. The number of nitrogens with zero attached hydrogens (tertiary/aromatic N) is 1. The van der Waals surface area contributed by atoms with Crippen LogP contribution in [0.1, 0.15) is 59.3 Å². The Balaban J connectivity index is 2.80. The number of carbonyl (C=O) groups excluding carboxylic acids is 3. The molecule has 1 fully saturated rings. The number of unbranched alkanes of at least 4 members (excludes halogenated alkanes) is 1. The largest absolute Gasteiger partial charge is 0.354 e. The molecule has 1 aliphatic heterocycles. The fraction of sp³-hybridized carbons (Fsp3) is 0.833. The van der Waals surface area contributed by atoms with Gasteiger partial charge in [0, 0.05) is 13.1 Å². The summed E-state index contributed by atoms with van der Waals surface area (Å²) in [5.41, 5.74) is 1.28. The van der Waals surface area contributed by atoms with Gasteiger partial charge in [-0.3, -0.25) is 19.6 Å². The maximum atomic E-state index is 14.4. The highest BCUT2D eigenvalue weighted by molar-refractivity contribution is 5.92. The summed E-state index contributed by atoms with van der Waals surface area (Å²) in [6, 6.07) is -0.622. The molecule has 0 spiro atoms. The van der Waals surface area contributed by atoms with Gasteiger partial charge >= 0.3 is 0 Å². The molecule has 3 atom stereocenters. The number of nitrogens with one attached hydrogen (secondary N) is 2. The summed E-state index contributed by atoms with van der Waals surface area (Å²) in [7, 11) is 0. The summed E-state index contributed by atoms with van der Waals surface area (Å²) in [6.45, 7) is 6.93. The van der Waals surface area contributed by atoms with E-state index in [4.69, 9.17) is 5.21 Å². The number of hydrogen-bond donors (Lipinski definition) is 3. The first-order valence-corrected chi connectivity index (χ1v) is 9.49. The highest BCUT2D eigenvalue weighted by Crippen LogP contribution is 2.25. The van der Waals surface area contributed by atoms with Crippen molar-refractivity contribution in [3.05, 3.63) is 0 Å². The molecule has 26 heavy (non-hydrogen) atoms. The van der Waals surface area contributed by atoms with Gasteiger partial charge in [0.15, 0.2) is 6.17 Å². The molecular formula is C18H32FN3O4. The van der Waals surface area contributed by atoms with Crippen molar-refractivity contribution in [1.82, 2.24) is 15.7 Å². The van der Waals surface area contributed by atoms with Gasteiger partial charge in [0.05, 0.1) is 5.92 Å². The van der Waals surface area contributed by atoms with E-state index in [1.54, 1.807) is 0 Å². The van der Waals surface area contributed by atoms with Crippen molar-refractivity contribution in [3.8, 4) is 0 Å². The lowest BCUT2D eigenvalue weighted by Gasteiger charge is -2.29. The van der Waals surface area contributed by atoms with E-state index in [0.717, 1.165) is 12.8 Å². The highest BCUT2D eigenvalue weighted by atomic mass is 19.1. The third kappa shape index (κ3) is 6.23. The second-order valence-electron chi connectivity index (χ2n) is 7.29. The van der Waals surface area contributed by atoms with E-state index < -0.39 is 29.9 Å². The predicted octanol–water partition coefficient (Wildman–Crippen LogP) is 1.79. The van der Waals surface area contributed by atoms with Crippen molar-refractivity contribution >= 4 is 17.7 Å². The molecule has 7 nitrogen and oxygen atoms in total. The van der Waals surface area contributed by atoms with Gasteiger partial charge in [-0.2, -0.15) is 0 Å². The minimum Gasteiger partial charge on any atom is -0.354 e. The maximum Gasteiger partial charge on any atom is 0.278 e. The Morgan fingerprint density at radius 3 is 2.54 bits per heavy atom. The molecule has 0 aromatic heterocycles. The lowest BCUT2D eigenvalue weighted by Crippen LogP contribution is -2.51. The zero-order valence-electron chi connectivity index (χ0n) is 16.0. The Morgan fingerprint density at radius 1 is 1.27 bits per heavy atom. The molecule has 150 valence electrons. The molecule has 1 heterocycles. The average molecular weight is 373 g/mol. The minimum absolute atomic E-state index is 0.197. The number of hydroxylamine groups is 1. The summed E-state index contributed by atoms with van der Waals surface area (Å²) in [5, 5.41) is 11.5. The molecule has 1 unspecified atom stereocenters. The number of likely N-dealkylation sites (tertiary alicyclic amines) is 1. The van der Waals surface area contributed by atoms with Gasteiger partial charge in [0.2, 0.25) is 11.8 Å². The van der Waals surface area contributed by atoms with Gasteiger partial charge in [-0.1, -0.05) is 33.6 Å². The smallest absolute Gasteiger partial charge is 0.278 e. The van der Waals surface area contributed by atoms with Crippen LogP contribution in [0.4, 0.5) is 4.39 Å². The van der Waals surface area contributed by atoms with Crippen LogP contribution in [-0.4, -0.2) is 53.1 Å². The van der Waals surface area contributed by atoms with Crippen molar-refractivity contribution in [2.24, 2.45) is 11.8 Å². The Hall–Kier alpha value is -1.70. The number of alkyl halides is 1. The SMILES string of the molecule is CCCC[C@@H](C(=O)N1CCCC1C(=O)NCCC(C)C)[C@H](F)C(=O)NO. The molecule has 0 aromatic carbocycles. The van der Waals surface area contributed by atoms with Crippen LogP contribution in [0.2, 0.25) is 0 Å². The summed E-state index contributed by atoms with van der Waals surface area (Å²) in [5.74, 6) is -2.72. The van der Waals surface area contributed by atoms with Crippen LogP contribution >= 0.6 is 0 Å². The molecule has 1 saturated heterocycles. The molecule has 0 aliphatic carbocycles. The van der Waals surface area contributed by atoms with Gasteiger partial charge in [0.25, 0.3) is 5.91 Å². The maximum absolute atomic E-state index is 14.4.